The first kappa shape index (κ1) is 15.6. The fourth-order valence-electron chi connectivity index (χ4n) is 3.46. The molecular formula is C17H22ClFN2O. The molecule has 5 heteroatoms. The number of hydrogen-bond donors (Lipinski definition) is 1. The van der Waals surface area contributed by atoms with Crippen LogP contribution in [0.15, 0.2) is 12.1 Å². The first-order valence-corrected chi connectivity index (χ1v) is 7.90. The molecule has 1 aromatic carbocycles. The highest BCUT2D eigenvalue weighted by Gasteiger charge is 2.28. The van der Waals surface area contributed by atoms with Crippen molar-refractivity contribution in [2.75, 3.05) is 0 Å². The number of hydrogen-bond acceptors (Lipinski definition) is 2. The van der Waals surface area contributed by atoms with Gasteiger partial charge >= 0.3 is 0 Å². The molecule has 2 heterocycles. The lowest BCUT2D eigenvalue weighted by molar-refractivity contribution is 0.289. The SMILES string of the molecule is C[C@H](N)Cc1c2n(c3ccc(OC4CC4)c(F)c13)CCC2.Cl. The third-order valence-electron chi connectivity index (χ3n) is 4.49. The Bertz CT molecular complexity index is 706. The Hall–Kier alpha value is -1.26. The van der Waals surface area contributed by atoms with Gasteiger partial charge in [-0.2, -0.15) is 0 Å². The van der Waals surface area contributed by atoms with Gasteiger partial charge in [0.25, 0.3) is 0 Å². The van der Waals surface area contributed by atoms with Crippen molar-refractivity contribution in [1.82, 2.24) is 4.57 Å². The molecule has 1 saturated carbocycles. The van der Waals surface area contributed by atoms with Crippen LogP contribution in [0.5, 0.6) is 5.75 Å². The number of aromatic nitrogens is 1. The van der Waals surface area contributed by atoms with E-state index in [2.05, 4.69) is 4.57 Å². The van der Waals surface area contributed by atoms with Crippen LogP contribution >= 0.6 is 12.4 Å². The van der Waals surface area contributed by atoms with Gasteiger partial charge in [-0.15, -0.1) is 12.4 Å². The zero-order valence-corrected chi connectivity index (χ0v) is 13.6. The topological polar surface area (TPSA) is 40.2 Å². The molecule has 1 aliphatic carbocycles. The van der Waals surface area contributed by atoms with E-state index in [1.165, 1.54) is 5.69 Å². The zero-order chi connectivity index (χ0) is 14.6. The maximum atomic E-state index is 14.9. The van der Waals surface area contributed by atoms with Gasteiger partial charge in [0, 0.05) is 23.7 Å². The summed E-state index contributed by atoms with van der Waals surface area (Å²) in [6.07, 6.45) is 5.17. The second kappa shape index (κ2) is 5.74. The number of benzene rings is 1. The predicted octanol–water partition coefficient (Wildman–Crippen LogP) is 3.58. The summed E-state index contributed by atoms with van der Waals surface area (Å²) in [6, 6.07) is 3.83. The Kier molecular flexibility index (Phi) is 4.08. The third kappa shape index (κ3) is 2.48. The van der Waals surface area contributed by atoms with E-state index in [9.17, 15) is 4.39 Å². The largest absolute Gasteiger partial charge is 0.487 e. The number of nitrogens with zero attached hydrogens (tertiary/aromatic N) is 1. The molecule has 0 amide bonds. The van der Waals surface area contributed by atoms with Crippen LogP contribution in [-0.4, -0.2) is 16.7 Å². The van der Waals surface area contributed by atoms with Gasteiger partial charge in [0.15, 0.2) is 11.6 Å². The number of halogens is 2. The van der Waals surface area contributed by atoms with Crippen molar-refractivity contribution in [3.8, 4) is 5.75 Å². The lowest BCUT2D eigenvalue weighted by Crippen LogP contribution is -2.18. The minimum Gasteiger partial charge on any atom is -0.487 e. The molecule has 0 saturated heterocycles. The Morgan fingerprint density at radius 2 is 2.18 bits per heavy atom. The number of fused-ring (bicyclic) bond motifs is 3. The summed E-state index contributed by atoms with van der Waals surface area (Å²) in [5, 5.41) is 0.736. The Morgan fingerprint density at radius 1 is 1.41 bits per heavy atom. The summed E-state index contributed by atoms with van der Waals surface area (Å²) in [5.41, 5.74) is 9.35. The quantitative estimate of drug-likeness (QED) is 0.933. The molecule has 1 aliphatic heterocycles. The summed E-state index contributed by atoms with van der Waals surface area (Å²) in [7, 11) is 0. The van der Waals surface area contributed by atoms with Crippen LogP contribution in [-0.2, 0) is 19.4 Å². The molecule has 0 bridgehead atoms. The van der Waals surface area contributed by atoms with Gasteiger partial charge in [-0.25, -0.2) is 4.39 Å². The fraction of sp³-hybridized carbons (Fsp3) is 0.529. The van der Waals surface area contributed by atoms with Gasteiger partial charge in [0.05, 0.1) is 11.6 Å². The molecule has 1 atom stereocenters. The zero-order valence-electron chi connectivity index (χ0n) is 12.8. The van der Waals surface area contributed by atoms with Crippen LogP contribution in [0, 0.1) is 5.82 Å². The van der Waals surface area contributed by atoms with Gasteiger partial charge in [0.2, 0.25) is 0 Å². The van der Waals surface area contributed by atoms with E-state index in [0.717, 1.165) is 55.1 Å². The lowest BCUT2D eigenvalue weighted by atomic mass is 10.0. The van der Waals surface area contributed by atoms with Crippen molar-refractivity contribution in [3.63, 3.8) is 0 Å². The summed E-state index contributed by atoms with van der Waals surface area (Å²) in [6.45, 7) is 2.96. The van der Waals surface area contributed by atoms with E-state index in [1.54, 1.807) is 6.07 Å². The maximum absolute atomic E-state index is 14.9. The first-order valence-electron chi connectivity index (χ1n) is 7.90. The Balaban J connectivity index is 0.00000144. The fourth-order valence-corrected chi connectivity index (χ4v) is 3.46. The Labute approximate surface area is 136 Å². The van der Waals surface area contributed by atoms with Crippen molar-refractivity contribution in [2.45, 2.75) is 57.7 Å². The molecule has 120 valence electrons. The van der Waals surface area contributed by atoms with E-state index in [0.29, 0.717) is 5.75 Å². The number of nitrogens with two attached hydrogens (primary N) is 1. The van der Waals surface area contributed by atoms with E-state index in [4.69, 9.17) is 10.5 Å². The van der Waals surface area contributed by atoms with Crippen molar-refractivity contribution < 1.29 is 9.13 Å². The molecule has 2 aliphatic rings. The highest BCUT2D eigenvalue weighted by molar-refractivity contribution is 5.88. The van der Waals surface area contributed by atoms with Crippen molar-refractivity contribution in [2.24, 2.45) is 5.73 Å². The van der Waals surface area contributed by atoms with Crippen LogP contribution in [0.4, 0.5) is 4.39 Å². The third-order valence-corrected chi connectivity index (χ3v) is 4.49. The molecular weight excluding hydrogens is 303 g/mol. The van der Waals surface area contributed by atoms with Crippen molar-refractivity contribution in [1.29, 1.82) is 0 Å². The molecule has 3 nitrogen and oxygen atoms in total. The second-order valence-corrected chi connectivity index (χ2v) is 6.45. The van der Waals surface area contributed by atoms with Crippen LogP contribution in [0.25, 0.3) is 10.9 Å². The summed E-state index contributed by atoms with van der Waals surface area (Å²) < 4.78 is 22.9. The van der Waals surface area contributed by atoms with Gasteiger partial charge < -0.3 is 15.0 Å². The smallest absolute Gasteiger partial charge is 0.174 e. The number of aryl methyl sites for hydroxylation is 1. The van der Waals surface area contributed by atoms with E-state index in [-0.39, 0.29) is 30.4 Å². The average Bonchev–Trinajstić information content (AvgIpc) is 3.03. The van der Waals surface area contributed by atoms with Crippen LogP contribution < -0.4 is 10.5 Å². The monoisotopic (exact) mass is 324 g/mol. The minimum absolute atomic E-state index is 0. The summed E-state index contributed by atoms with van der Waals surface area (Å²) in [4.78, 5) is 0. The number of ether oxygens (including phenoxy) is 1. The van der Waals surface area contributed by atoms with Gasteiger partial charge in [-0.05, 0) is 56.7 Å². The van der Waals surface area contributed by atoms with Crippen LogP contribution in [0.2, 0.25) is 0 Å². The highest BCUT2D eigenvalue weighted by atomic mass is 35.5. The molecule has 1 aromatic heterocycles. The molecule has 2 aromatic rings. The molecule has 0 unspecified atom stereocenters. The Morgan fingerprint density at radius 3 is 2.86 bits per heavy atom. The molecule has 4 rings (SSSR count). The molecule has 22 heavy (non-hydrogen) atoms. The normalized spacial score (nSPS) is 18.1. The van der Waals surface area contributed by atoms with Crippen LogP contribution in [0.3, 0.4) is 0 Å². The van der Waals surface area contributed by atoms with Gasteiger partial charge in [-0.1, -0.05) is 0 Å². The maximum Gasteiger partial charge on any atom is 0.174 e. The van der Waals surface area contributed by atoms with Crippen molar-refractivity contribution >= 4 is 23.3 Å². The lowest BCUT2D eigenvalue weighted by Gasteiger charge is -2.10. The highest BCUT2D eigenvalue weighted by Crippen LogP contribution is 2.38. The molecule has 2 N–H and O–H groups in total. The molecule has 0 radical (unpaired) electrons. The van der Waals surface area contributed by atoms with Crippen LogP contribution in [0.1, 0.15) is 37.4 Å². The van der Waals surface area contributed by atoms with Crippen molar-refractivity contribution in [3.05, 3.63) is 29.2 Å². The summed E-state index contributed by atoms with van der Waals surface area (Å²) >= 11 is 0. The average molecular weight is 325 g/mol. The van der Waals surface area contributed by atoms with E-state index >= 15 is 0 Å². The summed E-state index contributed by atoms with van der Waals surface area (Å²) in [5.74, 6) is 0.206. The molecule has 0 spiro atoms. The minimum atomic E-state index is -0.197. The van der Waals surface area contributed by atoms with Gasteiger partial charge in [0.1, 0.15) is 0 Å². The second-order valence-electron chi connectivity index (χ2n) is 6.45. The van der Waals surface area contributed by atoms with E-state index in [1.807, 2.05) is 13.0 Å². The molecule has 1 fully saturated rings. The number of rotatable bonds is 4. The van der Waals surface area contributed by atoms with E-state index < -0.39 is 0 Å². The first-order chi connectivity index (χ1) is 10.1. The predicted molar refractivity (Wildman–Crippen MR) is 88.5 cm³/mol. The standard InChI is InChI=1S/C17H21FN2O.ClH/c1-10(19)9-12-13-3-2-8-20(13)14-6-7-15(17(18)16(12)14)21-11-4-5-11;/h6-7,10-11H,2-5,8-9,19H2,1H3;1H/t10-;/m0./s1. The van der Waals surface area contributed by atoms with Gasteiger partial charge in [-0.3, -0.25) is 0 Å².